The molecule has 0 bridgehead atoms. The molecule has 0 unspecified atom stereocenters. The van der Waals surface area contributed by atoms with Gasteiger partial charge in [0.15, 0.2) is 11.6 Å². The predicted molar refractivity (Wildman–Crippen MR) is 102 cm³/mol. The van der Waals surface area contributed by atoms with Gasteiger partial charge in [0.1, 0.15) is 0 Å². The Kier molecular flexibility index (Phi) is 6.34. The van der Waals surface area contributed by atoms with Crippen molar-refractivity contribution in [3.63, 3.8) is 0 Å². The summed E-state index contributed by atoms with van der Waals surface area (Å²) in [6.45, 7) is 5.58. The van der Waals surface area contributed by atoms with Crippen LogP contribution in [-0.2, 0) is 19.9 Å². The molecule has 2 aliphatic heterocycles. The summed E-state index contributed by atoms with van der Waals surface area (Å²) >= 11 is 0. The number of hydrogen-bond donors (Lipinski definition) is 1. The van der Waals surface area contributed by atoms with Crippen LogP contribution in [0.2, 0.25) is 0 Å². The maximum Gasteiger partial charge on any atom is 0.245 e. The molecule has 0 radical (unpaired) electrons. The minimum Gasteiger partial charge on any atom is -0.494 e. The molecule has 0 saturated carbocycles. The van der Waals surface area contributed by atoms with E-state index in [9.17, 15) is 14.0 Å². The fourth-order valence-electron chi connectivity index (χ4n) is 4.00. The molecule has 0 aromatic heterocycles. The summed E-state index contributed by atoms with van der Waals surface area (Å²) in [6, 6.07) is 4.84. The number of carbonyl (C=O) groups excluding carboxylic acids is 2. The third kappa shape index (κ3) is 4.19. The summed E-state index contributed by atoms with van der Waals surface area (Å²) < 4.78 is 24.8. The minimum absolute atomic E-state index is 0.0520. The van der Waals surface area contributed by atoms with Gasteiger partial charge in [-0.05, 0) is 49.5 Å². The van der Waals surface area contributed by atoms with Crippen molar-refractivity contribution in [3.05, 3.63) is 42.2 Å². The molecule has 2 heterocycles. The second-order valence-corrected chi connectivity index (χ2v) is 7.34. The molecule has 2 aliphatic rings. The molecule has 6 nitrogen and oxygen atoms in total. The molecule has 1 aromatic carbocycles. The fraction of sp³-hybridized carbons (Fsp3) is 0.524. The number of piperidine rings is 1. The zero-order chi connectivity index (χ0) is 20.1. The van der Waals surface area contributed by atoms with Gasteiger partial charge >= 0.3 is 0 Å². The van der Waals surface area contributed by atoms with Gasteiger partial charge in [0.25, 0.3) is 0 Å². The predicted octanol–water partition coefficient (Wildman–Crippen LogP) is 2.38. The minimum atomic E-state index is -0.656. The zero-order valence-corrected chi connectivity index (χ0v) is 16.2. The number of methoxy groups -OCH3 is 1. The van der Waals surface area contributed by atoms with Crippen molar-refractivity contribution in [2.24, 2.45) is 5.92 Å². The highest BCUT2D eigenvalue weighted by molar-refractivity contribution is 5.87. The number of nitrogens with zero attached hydrogens (tertiary/aromatic N) is 1. The Morgan fingerprint density at radius 1 is 1.32 bits per heavy atom. The Morgan fingerprint density at radius 3 is 2.57 bits per heavy atom. The Balaban J connectivity index is 1.74. The molecular formula is C21H27FN2O4. The van der Waals surface area contributed by atoms with Crippen molar-refractivity contribution < 1.29 is 23.5 Å². The molecule has 2 amide bonds. The van der Waals surface area contributed by atoms with E-state index in [-0.39, 0.29) is 23.5 Å². The van der Waals surface area contributed by atoms with Gasteiger partial charge in [-0.2, -0.15) is 0 Å². The molecule has 28 heavy (non-hydrogen) atoms. The summed E-state index contributed by atoms with van der Waals surface area (Å²) in [5.74, 6) is -0.595. The van der Waals surface area contributed by atoms with Gasteiger partial charge in [0.2, 0.25) is 11.8 Å². The number of benzene rings is 1. The van der Waals surface area contributed by atoms with Crippen LogP contribution in [0.15, 0.2) is 30.9 Å². The molecule has 3 rings (SSSR count). The van der Waals surface area contributed by atoms with Gasteiger partial charge in [-0.25, -0.2) is 4.39 Å². The lowest BCUT2D eigenvalue weighted by atomic mass is 9.81. The molecule has 1 aromatic rings. The Labute approximate surface area is 164 Å². The lowest BCUT2D eigenvalue weighted by Gasteiger charge is -2.40. The number of ether oxygens (including phenoxy) is 2. The molecular weight excluding hydrogens is 363 g/mol. The van der Waals surface area contributed by atoms with Crippen LogP contribution in [0.3, 0.4) is 0 Å². The lowest BCUT2D eigenvalue weighted by Crippen LogP contribution is -2.52. The van der Waals surface area contributed by atoms with Crippen LogP contribution in [-0.4, -0.2) is 50.1 Å². The average molecular weight is 390 g/mol. The number of halogens is 1. The highest BCUT2D eigenvalue weighted by Gasteiger charge is 2.38. The summed E-state index contributed by atoms with van der Waals surface area (Å²) in [4.78, 5) is 26.4. The normalized spacial score (nSPS) is 19.7. The maximum atomic E-state index is 14.3. The van der Waals surface area contributed by atoms with Gasteiger partial charge in [-0.15, -0.1) is 0 Å². The van der Waals surface area contributed by atoms with Crippen LogP contribution in [0, 0.1) is 11.7 Å². The van der Waals surface area contributed by atoms with Crippen LogP contribution in [0.25, 0.3) is 0 Å². The SMILES string of the molecule is C=CC(=O)N1CCC(C(=O)NC2(c3ccc(OC)c(F)c3)CCOCC2)CC1. The van der Waals surface area contributed by atoms with E-state index in [2.05, 4.69) is 11.9 Å². The monoisotopic (exact) mass is 390 g/mol. The molecule has 0 aliphatic carbocycles. The molecule has 0 spiro atoms. The number of amides is 2. The van der Waals surface area contributed by atoms with E-state index in [0.717, 1.165) is 5.56 Å². The van der Waals surface area contributed by atoms with Crippen molar-refractivity contribution in [1.82, 2.24) is 10.2 Å². The number of nitrogens with one attached hydrogen (secondary N) is 1. The average Bonchev–Trinajstić information content (AvgIpc) is 2.73. The highest BCUT2D eigenvalue weighted by Crippen LogP contribution is 2.35. The van der Waals surface area contributed by atoms with E-state index < -0.39 is 11.4 Å². The summed E-state index contributed by atoms with van der Waals surface area (Å²) in [5.41, 5.74) is 0.0676. The first-order valence-electron chi connectivity index (χ1n) is 9.64. The molecule has 2 saturated heterocycles. The van der Waals surface area contributed by atoms with Crippen molar-refractivity contribution in [2.45, 2.75) is 31.2 Å². The van der Waals surface area contributed by atoms with Crippen molar-refractivity contribution in [3.8, 4) is 5.75 Å². The van der Waals surface area contributed by atoms with Gasteiger partial charge in [0, 0.05) is 32.2 Å². The number of rotatable bonds is 5. The van der Waals surface area contributed by atoms with Crippen LogP contribution in [0.4, 0.5) is 4.39 Å². The van der Waals surface area contributed by atoms with Gasteiger partial charge in [-0.3, -0.25) is 9.59 Å². The Bertz CT molecular complexity index is 738. The van der Waals surface area contributed by atoms with E-state index in [1.54, 1.807) is 17.0 Å². The van der Waals surface area contributed by atoms with Gasteiger partial charge in [0.05, 0.1) is 12.6 Å². The smallest absolute Gasteiger partial charge is 0.245 e. The van der Waals surface area contributed by atoms with E-state index in [1.807, 2.05) is 0 Å². The van der Waals surface area contributed by atoms with Crippen LogP contribution in [0.5, 0.6) is 5.75 Å². The Hall–Kier alpha value is -2.41. The molecule has 2 fully saturated rings. The summed E-state index contributed by atoms with van der Waals surface area (Å²) in [5, 5.41) is 3.19. The summed E-state index contributed by atoms with van der Waals surface area (Å²) in [6.07, 6.45) is 3.68. The second kappa shape index (κ2) is 8.73. The quantitative estimate of drug-likeness (QED) is 0.784. The van der Waals surface area contributed by atoms with E-state index in [1.165, 1.54) is 19.3 Å². The largest absolute Gasteiger partial charge is 0.494 e. The molecule has 0 atom stereocenters. The second-order valence-electron chi connectivity index (χ2n) is 7.34. The van der Waals surface area contributed by atoms with E-state index in [0.29, 0.717) is 52.0 Å². The van der Waals surface area contributed by atoms with Crippen LogP contribution >= 0.6 is 0 Å². The fourth-order valence-corrected chi connectivity index (χ4v) is 4.00. The zero-order valence-electron chi connectivity index (χ0n) is 16.2. The lowest BCUT2D eigenvalue weighted by molar-refractivity contribution is -0.134. The van der Waals surface area contributed by atoms with E-state index in [4.69, 9.17) is 9.47 Å². The highest BCUT2D eigenvalue weighted by atomic mass is 19.1. The van der Waals surface area contributed by atoms with Gasteiger partial charge in [-0.1, -0.05) is 12.6 Å². The first-order valence-corrected chi connectivity index (χ1v) is 9.64. The third-order valence-corrected chi connectivity index (χ3v) is 5.77. The summed E-state index contributed by atoms with van der Waals surface area (Å²) in [7, 11) is 1.42. The molecule has 152 valence electrons. The van der Waals surface area contributed by atoms with Crippen molar-refractivity contribution >= 4 is 11.8 Å². The standard InChI is InChI=1S/C21H27FN2O4/c1-3-19(25)24-10-6-15(7-11-24)20(26)23-21(8-12-28-13-9-21)16-4-5-18(27-2)17(22)14-16/h3-5,14-15H,1,6-13H2,2H3,(H,23,26). The van der Waals surface area contributed by atoms with Crippen molar-refractivity contribution in [2.75, 3.05) is 33.4 Å². The molecule has 1 N–H and O–H groups in total. The first kappa shape index (κ1) is 20.3. The number of likely N-dealkylation sites (tertiary alicyclic amines) is 1. The number of carbonyl (C=O) groups is 2. The van der Waals surface area contributed by atoms with Crippen molar-refractivity contribution in [1.29, 1.82) is 0 Å². The third-order valence-electron chi connectivity index (χ3n) is 5.77. The maximum absolute atomic E-state index is 14.3. The Morgan fingerprint density at radius 2 is 2.00 bits per heavy atom. The van der Waals surface area contributed by atoms with Gasteiger partial charge < -0.3 is 19.7 Å². The first-order chi connectivity index (χ1) is 13.5. The van der Waals surface area contributed by atoms with Crippen LogP contribution < -0.4 is 10.1 Å². The van der Waals surface area contributed by atoms with E-state index >= 15 is 0 Å². The van der Waals surface area contributed by atoms with Crippen LogP contribution in [0.1, 0.15) is 31.2 Å². The topological polar surface area (TPSA) is 67.9 Å². The number of hydrogen-bond acceptors (Lipinski definition) is 4. The molecule has 7 heteroatoms.